The van der Waals surface area contributed by atoms with Crippen molar-refractivity contribution in [2.75, 3.05) is 12.8 Å². The van der Waals surface area contributed by atoms with Gasteiger partial charge in [-0.2, -0.15) is 0 Å². The lowest BCUT2D eigenvalue weighted by Gasteiger charge is -2.12. The van der Waals surface area contributed by atoms with Gasteiger partial charge in [-0.1, -0.05) is 18.2 Å². The quantitative estimate of drug-likeness (QED) is 0.536. The number of nitrogens with zero attached hydrogens (tertiary/aromatic N) is 2. The number of halogens is 2. The minimum atomic E-state index is -0.747. The molecule has 0 saturated heterocycles. The lowest BCUT2D eigenvalue weighted by molar-refractivity contribution is 0.407. The molecule has 1 aliphatic carbocycles. The molecule has 1 aliphatic rings. The van der Waals surface area contributed by atoms with Gasteiger partial charge in [-0.25, -0.2) is 13.8 Å². The molecule has 28 heavy (non-hydrogen) atoms. The van der Waals surface area contributed by atoms with Gasteiger partial charge in [0, 0.05) is 35.3 Å². The standard InChI is InChI=1S/C21H17F2N3O2/c1-28-11-7-14(22)17(15(23)8-11)12-3-2-4-13-19(24)18-16(25-20(12)13)9-26(21(18)27)10-5-6-10/h2-4,7-10,27H,5-6,24H2,1H3. The number of hydrogen-bond donors (Lipinski definition) is 2. The molecule has 0 bridgehead atoms. The Balaban J connectivity index is 1.83. The van der Waals surface area contributed by atoms with Gasteiger partial charge in [0.15, 0.2) is 0 Å². The number of nitrogen functional groups attached to an aromatic ring is 1. The molecular weight excluding hydrogens is 364 g/mol. The molecule has 0 radical (unpaired) electrons. The molecule has 1 fully saturated rings. The van der Waals surface area contributed by atoms with Crippen molar-refractivity contribution in [1.82, 2.24) is 9.55 Å². The predicted octanol–water partition coefficient (Wildman–Crippen LogP) is 4.77. The second kappa shape index (κ2) is 5.82. The maximum absolute atomic E-state index is 14.7. The van der Waals surface area contributed by atoms with E-state index in [-0.39, 0.29) is 23.2 Å². The smallest absolute Gasteiger partial charge is 0.203 e. The van der Waals surface area contributed by atoms with Gasteiger partial charge < -0.3 is 20.1 Å². The molecule has 0 aliphatic heterocycles. The molecule has 0 unspecified atom stereocenters. The van der Waals surface area contributed by atoms with E-state index in [1.54, 1.807) is 29.0 Å². The molecule has 2 heterocycles. The number of anilines is 1. The highest BCUT2D eigenvalue weighted by Crippen LogP contribution is 2.45. The number of hydrogen-bond acceptors (Lipinski definition) is 4. The van der Waals surface area contributed by atoms with Crippen LogP contribution in [0.25, 0.3) is 32.9 Å². The molecule has 3 N–H and O–H groups in total. The van der Waals surface area contributed by atoms with Crippen molar-refractivity contribution in [3.8, 4) is 22.8 Å². The first kappa shape index (κ1) is 16.8. The number of pyridine rings is 1. The van der Waals surface area contributed by atoms with Crippen molar-refractivity contribution in [1.29, 1.82) is 0 Å². The average molecular weight is 381 g/mol. The topological polar surface area (TPSA) is 73.3 Å². The van der Waals surface area contributed by atoms with Crippen LogP contribution in [0.3, 0.4) is 0 Å². The largest absolute Gasteiger partial charge is 0.497 e. The zero-order valence-electron chi connectivity index (χ0n) is 15.0. The zero-order valence-corrected chi connectivity index (χ0v) is 15.0. The molecule has 1 saturated carbocycles. The van der Waals surface area contributed by atoms with Crippen LogP contribution in [0.5, 0.6) is 11.6 Å². The first-order valence-electron chi connectivity index (χ1n) is 8.94. The van der Waals surface area contributed by atoms with Crippen molar-refractivity contribution >= 4 is 27.5 Å². The summed E-state index contributed by atoms with van der Waals surface area (Å²) in [4.78, 5) is 4.61. The minimum absolute atomic E-state index is 0.0802. The Morgan fingerprint density at radius 2 is 1.93 bits per heavy atom. The Bertz CT molecular complexity index is 1240. The Morgan fingerprint density at radius 1 is 1.21 bits per heavy atom. The normalized spacial score (nSPS) is 14.1. The Labute approximate surface area is 159 Å². The van der Waals surface area contributed by atoms with Gasteiger partial charge in [0.25, 0.3) is 0 Å². The van der Waals surface area contributed by atoms with E-state index in [4.69, 9.17) is 10.5 Å². The highest BCUT2D eigenvalue weighted by Gasteiger charge is 2.28. The fourth-order valence-corrected chi connectivity index (χ4v) is 3.74. The first-order valence-corrected chi connectivity index (χ1v) is 8.94. The van der Waals surface area contributed by atoms with E-state index >= 15 is 0 Å². The van der Waals surface area contributed by atoms with Crippen LogP contribution in [0.2, 0.25) is 0 Å². The molecule has 5 rings (SSSR count). The van der Waals surface area contributed by atoms with Crippen LogP contribution in [0, 0.1) is 11.6 Å². The summed E-state index contributed by atoms with van der Waals surface area (Å²) in [7, 11) is 1.35. The fourth-order valence-electron chi connectivity index (χ4n) is 3.74. The molecule has 2 aromatic carbocycles. The Morgan fingerprint density at radius 3 is 2.57 bits per heavy atom. The number of aromatic hydroxyl groups is 1. The maximum Gasteiger partial charge on any atom is 0.203 e. The van der Waals surface area contributed by atoms with E-state index in [0.717, 1.165) is 25.0 Å². The van der Waals surface area contributed by atoms with Crippen molar-refractivity contribution in [2.45, 2.75) is 18.9 Å². The van der Waals surface area contributed by atoms with E-state index in [1.165, 1.54) is 7.11 Å². The summed E-state index contributed by atoms with van der Waals surface area (Å²) in [5, 5.41) is 11.6. The Kier molecular flexibility index (Phi) is 3.49. The number of ether oxygens (including phenoxy) is 1. The number of nitrogens with two attached hydrogens (primary N) is 1. The number of methoxy groups -OCH3 is 1. The van der Waals surface area contributed by atoms with Gasteiger partial charge in [0.1, 0.15) is 17.4 Å². The van der Waals surface area contributed by atoms with Crippen LogP contribution in [0.1, 0.15) is 18.9 Å². The van der Waals surface area contributed by atoms with E-state index in [1.807, 2.05) is 0 Å². The van der Waals surface area contributed by atoms with Crippen LogP contribution in [-0.2, 0) is 0 Å². The Hall–Kier alpha value is -3.35. The van der Waals surface area contributed by atoms with Gasteiger partial charge in [-0.05, 0) is 12.8 Å². The lowest BCUT2D eigenvalue weighted by Crippen LogP contribution is -1.97. The van der Waals surface area contributed by atoms with E-state index in [2.05, 4.69) is 4.98 Å². The van der Waals surface area contributed by atoms with Crippen LogP contribution >= 0.6 is 0 Å². The van der Waals surface area contributed by atoms with Gasteiger partial charge in [0.2, 0.25) is 5.88 Å². The molecule has 2 aromatic heterocycles. The van der Waals surface area contributed by atoms with Crippen molar-refractivity contribution < 1.29 is 18.6 Å². The monoisotopic (exact) mass is 381 g/mol. The zero-order chi connectivity index (χ0) is 19.6. The third kappa shape index (κ3) is 2.32. The number of para-hydroxylation sites is 1. The third-order valence-corrected chi connectivity index (χ3v) is 5.27. The van der Waals surface area contributed by atoms with E-state index in [9.17, 15) is 13.9 Å². The fraction of sp³-hybridized carbons (Fsp3) is 0.190. The van der Waals surface area contributed by atoms with Gasteiger partial charge >= 0.3 is 0 Å². The van der Waals surface area contributed by atoms with Gasteiger partial charge in [-0.15, -0.1) is 0 Å². The van der Waals surface area contributed by atoms with E-state index < -0.39 is 11.6 Å². The summed E-state index contributed by atoms with van der Waals surface area (Å²) in [5.74, 6) is -1.32. The van der Waals surface area contributed by atoms with Crippen LogP contribution in [-0.4, -0.2) is 21.8 Å². The molecular formula is C21H17F2N3O2. The van der Waals surface area contributed by atoms with Crippen LogP contribution in [0.15, 0.2) is 36.5 Å². The summed E-state index contributed by atoms with van der Waals surface area (Å²) in [6, 6.07) is 7.51. The highest BCUT2D eigenvalue weighted by molar-refractivity contribution is 6.12. The molecule has 0 atom stereocenters. The van der Waals surface area contributed by atoms with Crippen molar-refractivity contribution in [3.05, 3.63) is 48.2 Å². The second-order valence-electron chi connectivity index (χ2n) is 7.04. The van der Waals surface area contributed by atoms with Crippen LogP contribution < -0.4 is 10.5 Å². The van der Waals surface area contributed by atoms with Crippen LogP contribution in [0.4, 0.5) is 14.5 Å². The van der Waals surface area contributed by atoms with Gasteiger partial charge in [0.05, 0.1) is 34.8 Å². The predicted molar refractivity (Wildman–Crippen MR) is 103 cm³/mol. The third-order valence-electron chi connectivity index (χ3n) is 5.27. The first-order chi connectivity index (χ1) is 13.5. The summed E-state index contributed by atoms with van der Waals surface area (Å²) in [5.41, 5.74) is 7.66. The molecule has 0 spiro atoms. The lowest BCUT2D eigenvalue weighted by atomic mass is 9.99. The average Bonchev–Trinajstić information content (AvgIpc) is 3.45. The molecule has 142 valence electrons. The number of aromatic nitrogens is 2. The van der Waals surface area contributed by atoms with E-state index in [0.29, 0.717) is 33.1 Å². The highest BCUT2D eigenvalue weighted by atomic mass is 19.1. The second-order valence-corrected chi connectivity index (χ2v) is 7.04. The maximum atomic E-state index is 14.7. The molecule has 4 aromatic rings. The summed E-state index contributed by atoms with van der Waals surface area (Å²) < 4.78 is 36.1. The number of rotatable bonds is 3. The van der Waals surface area contributed by atoms with Gasteiger partial charge in [-0.3, -0.25) is 0 Å². The molecule has 5 nitrogen and oxygen atoms in total. The minimum Gasteiger partial charge on any atom is -0.497 e. The summed E-state index contributed by atoms with van der Waals surface area (Å²) >= 11 is 0. The molecule has 0 amide bonds. The molecule has 7 heteroatoms. The SMILES string of the molecule is COc1cc(F)c(-c2cccc3c(N)c4c(O)n(C5CC5)cc4nc23)c(F)c1. The van der Waals surface area contributed by atoms with Crippen molar-refractivity contribution in [2.24, 2.45) is 0 Å². The summed E-state index contributed by atoms with van der Waals surface area (Å²) in [6.45, 7) is 0. The van der Waals surface area contributed by atoms with Crippen molar-refractivity contribution in [3.63, 3.8) is 0 Å². The summed E-state index contributed by atoms with van der Waals surface area (Å²) in [6.07, 6.45) is 3.72. The number of fused-ring (bicyclic) bond motifs is 2. The number of benzene rings is 2.